The van der Waals surface area contributed by atoms with Gasteiger partial charge in [-0.2, -0.15) is 0 Å². The lowest BCUT2D eigenvalue weighted by atomic mass is 10.2. The van der Waals surface area contributed by atoms with E-state index >= 15 is 0 Å². The highest BCUT2D eigenvalue weighted by Crippen LogP contribution is 2.26. The minimum atomic E-state index is -0.301. The SMILES string of the molecule is CCc1c(NC(C)=O)c(=O)n(-c2ccccc2OC)n1-c1ccccc1. The number of anilines is 1. The Labute approximate surface area is 151 Å². The number of para-hydroxylation sites is 3. The van der Waals surface area contributed by atoms with Crippen molar-refractivity contribution in [1.29, 1.82) is 0 Å². The average molecular weight is 351 g/mol. The Morgan fingerprint density at radius 2 is 1.69 bits per heavy atom. The summed E-state index contributed by atoms with van der Waals surface area (Å²) in [5, 5.41) is 2.70. The summed E-state index contributed by atoms with van der Waals surface area (Å²) in [4.78, 5) is 24.9. The van der Waals surface area contributed by atoms with Crippen molar-refractivity contribution < 1.29 is 9.53 Å². The molecule has 0 aliphatic carbocycles. The van der Waals surface area contributed by atoms with Crippen LogP contribution < -0.4 is 15.6 Å². The quantitative estimate of drug-likeness (QED) is 0.768. The molecule has 0 saturated carbocycles. The van der Waals surface area contributed by atoms with Gasteiger partial charge < -0.3 is 10.1 Å². The van der Waals surface area contributed by atoms with Gasteiger partial charge in [0.05, 0.1) is 18.5 Å². The van der Waals surface area contributed by atoms with E-state index in [4.69, 9.17) is 4.74 Å². The zero-order chi connectivity index (χ0) is 18.7. The molecule has 1 N–H and O–H groups in total. The lowest BCUT2D eigenvalue weighted by Gasteiger charge is -2.16. The Morgan fingerprint density at radius 1 is 1.04 bits per heavy atom. The number of aromatic nitrogens is 2. The van der Waals surface area contributed by atoms with Gasteiger partial charge in [-0.15, -0.1) is 0 Å². The molecule has 1 aromatic heterocycles. The molecule has 2 aromatic carbocycles. The molecule has 0 aliphatic heterocycles. The minimum Gasteiger partial charge on any atom is -0.494 e. The maximum atomic E-state index is 13.2. The molecule has 0 spiro atoms. The van der Waals surface area contributed by atoms with Crippen molar-refractivity contribution in [2.45, 2.75) is 20.3 Å². The lowest BCUT2D eigenvalue weighted by Crippen LogP contribution is -2.23. The first kappa shape index (κ1) is 17.5. The Kier molecular flexibility index (Phi) is 4.93. The van der Waals surface area contributed by atoms with Gasteiger partial charge in [0.2, 0.25) is 5.91 Å². The van der Waals surface area contributed by atoms with Crippen LogP contribution in [-0.2, 0) is 11.2 Å². The van der Waals surface area contributed by atoms with Gasteiger partial charge >= 0.3 is 0 Å². The van der Waals surface area contributed by atoms with Gasteiger partial charge in [0, 0.05) is 6.92 Å². The highest BCUT2D eigenvalue weighted by molar-refractivity contribution is 5.89. The van der Waals surface area contributed by atoms with Crippen LogP contribution in [0, 0.1) is 0 Å². The number of carbonyl (C=O) groups is 1. The normalized spacial score (nSPS) is 10.6. The molecule has 0 fully saturated rings. The predicted molar refractivity (Wildman–Crippen MR) is 102 cm³/mol. The van der Waals surface area contributed by atoms with Gasteiger partial charge in [-0.05, 0) is 30.7 Å². The lowest BCUT2D eigenvalue weighted by molar-refractivity contribution is -0.114. The first-order valence-electron chi connectivity index (χ1n) is 8.41. The van der Waals surface area contributed by atoms with Crippen LogP contribution in [0.15, 0.2) is 59.4 Å². The zero-order valence-corrected chi connectivity index (χ0v) is 15.0. The molecule has 3 rings (SSSR count). The largest absolute Gasteiger partial charge is 0.494 e. The fraction of sp³-hybridized carbons (Fsp3) is 0.200. The monoisotopic (exact) mass is 351 g/mol. The van der Waals surface area contributed by atoms with Crippen molar-refractivity contribution in [2.75, 3.05) is 12.4 Å². The van der Waals surface area contributed by atoms with E-state index in [2.05, 4.69) is 5.32 Å². The van der Waals surface area contributed by atoms with Crippen LogP contribution in [0.2, 0.25) is 0 Å². The first-order valence-corrected chi connectivity index (χ1v) is 8.41. The Morgan fingerprint density at radius 3 is 2.31 bits per heavy atom. The van der Waals surface area contributed by atoms with E-state index in [1.165, 1.54) is 11.6 Å². The molecule has 0 atom stereocenters. The van der Waals surface area contributed by atoms with Crippen LogP contribution in [0.3, 0.4) is 0 Å². The fourth-order valence-corrected chi connectivity index (χ4v) is 3.04. The molecule has 1 amide bonds. The van der Waals surface area contributed by atoms with Crippen LogP contribution in [-0.4, -0.2) is 22.4 Å². The van der Waals surface area contributed by atoms with E-state index in [9.17, 15) is 9.59 Å². The number of carbonyl (C=O) groups excluding carboxylic acids is 1. The van der Waals surface area contributed by atoms with Gasteiger partial charge in [0.15, 0.2) is 0 Å². The summed E-state index contributed by atoms with van der Waals surface area (Å²) in [6, 6.07) is 16.9. The summed E-state index contributed by atoms with van der Waals surface area (Å²) in [5.41, 5.74) is 2.14. The van der Waals surface area contributed by atoms with Crippen molar-refractivity contribution in [2.24, 2.45) is 0 Å². The third kappa shape index (κ3) is 3.01. The second kappa shape index (κ2) is 7.31. The van der Waals surface area contributed by atoms with E-state index in [0.29, 0.717) is 17.9 Å². The molecule has 6 nitrogen and oxygen atoms in total. The van der Waals surface area contributed by atoms with Crippen molar-refractivity contribution in [1.82, 2.24) is 9.36 Å². The maximum absolute atomic E-state index is 13.2. The molecule has 1 heterocycles. The molecular formula is C20H21N3O3. The number of rotatable bonds is 5. The number of amides is 1. The number of ether oxygens (including phenoxy) is 1. The maximum Gasteiger partial charge on any atom is 0.295 e. The van der Waals surface area contributed by atoms with Crippen LogP contribution >= 0.6 is 0 Å². The second-order valence-electron chi connectivity index (χ2n) is 5.79. The molecular weight excluding hydrogens is 330 g/mol. The molecule has 26 heavy (non-hydrogen) atoms. The highest BCUT2D eigenvalue weighted by atomic mass is 16.5. The molecule has 3 aromatic rings. The summed E-state index contributed by atoms with van der Waals surface area (Å²) in [6.45, 7) is 3.35. The molecule has 0 saturated heterocycles. The van der Waals surface area contributed by atoms with Gasteiger partial charge in [-0.25, -0.2) is 9.36 Å². The Balaban J connectivity index is 2.41. The Hall–Kier alpha value is -3.28. The second-order valence-corrected chi connectivity index (χ2v) is 5.79. The fourth-order valence-electron chi connectivity index (χ4n) is 3.04. The van der Waals surface area contributed by atoms with Gasteiger partial charge in [-0.3, -0.25) is 9.59 Å². The summed E-state index contributed by atoms with van der Waals surface area (Å²) in [7, 11) is 1.56. The average Bonchev–Trinajstić information content (AvgIpc) is 2.93. The smallest absolute Gasteiger partial charge is 0.295 e. The number of hydrogen-bond acceptors (Lipinski definition) is 3. The first-order chi connectivity index (χ1) is 12.6. The summed E-state index contributed by atoms with van der Waals surface area (Å²) < 4.78 is 8.81. The van der Waals surface area contributed by atoms with Crippen LogP contribution in [0.5, 0.6) is 5.75 Å². The standard InChI is InChI=1S/C20H21N3O3/c1-4-16-19(21-14(2)24)20(25)23(17-12-8-9-13-18(17)26-3)22(16)15-10-6-5-7-11-15/h5-13H,4H2,1-3H3,(H,21,24). The summed E-state index contributed by atoms with van der Waals surface area (Å²) in [5.74, 6) is 0.287. The van der Waals surface area contributed by atoms with Crippen LogP contribution in [0.1, 0.15) is 19.5 Å². The van der Waals surface area contributed by atoms with Gasteiger partial charge in [0.25, 0.3) is 5.56 Å². The van der Waals surface area contributed by atoms with E-state index in [-0.39, 0.29) is 17.2 Å². The van der Waals surface area contributed by atoms with Gasteiger partial charge in [-0.1, -0.05) is 37.3 Å². The molecule has 0 aliphatic rings. The van der Waals surface area contributed by atoms with E-state index < -0.39 is 0 Å². The van der Waals surface area contributed by atoms with Crippen molar-refractivity contribution in [3.8, 4) is 17.1 Å². The van der Waals surface area contributed by atoms with E-state index in [0.717, 1.165) is 11.4 Å². The molecule has 134 valence electrons. The number of nitrogens with zero attached hydrogens (tertiary/aromatic N) is 2. The van der Waals surface area contributed by atoms with Crippen LogP contribution in [0.25, 0.3) is 11.4 Å². The van der Waals surface area contributed by atoms with Crippen molar-refractivity contribution >= 4 is 11.6 Å². The molecule has 0 unspecified atom stereocenters. The van der Waals surface area contributed by atoms with Crippen LogP contribution in [0.4, 0.5) is 5.69 Å². The van der Waals surface area contributed by atoms with Crippen molar-refractivity contribution in [3.63, 3.8) is 0 Å². The van der Waals surface area contributed by atoms with E-state index in [1.807, 2.05) is 60.1 Å². The number of hydrogen-bond donors (Lipinski definition) is 1. The zero-order valence-electron chi connectivity index (χ0n) is 15.0. The van der Waals surface area contributed by atoms with Crippen molar-refractivity contribution in [3.05, 3.63) is 70.6 Å². The minimum absolute atomic E-state index is 0.283. The third-order valence-corrected chi connectivity index (χ3v) is 4.10. The summed E-state index contributed by atoms with van der Waals surface area (Å²) >= 11 is 0. The molecule has 0 radical (unpaired) electrons. The molecule has 6 heteroatoms. The topological polar surface area (TPSA) is 65.3 Å². The van der Waals surface area contributed by atoms with E-state index in [1.54, 1.807) is 13.2 Å². The third-order valence-electron chi connectivity index (χ3n) is 4.10. The number of benzene rings is 2. The molecule has 0 bridgehead atoms. The number of methoxy groups -OCH3 is 1. The van der Waals surface area contributed by atoms with Gasteiger partial charge in [0.1, 0.15) is 17.1 Å². The summed E-state index contributed by atoms with van der Waals surface area (Å²) in [6.07, 6.45) is 0.571. The number of nitrogens with one attached hydrogen (secondary N) is 1. The highest BCUT2D eigenvalue weighted by Gasteiger charge is 2.23. The Bertz CT molecular complexity index is 987. The predicted octanol–water partition coefficient (Wildman–Crippen LogP) is 3.16.